The van der Waals surface area contributed by atoms with Crippen molar-refractivity contribution in [2.45, 2.75) is 98.5 Å². The zero-order valence-electron chi connectivity index (χ0n) is 15.2. The third-order valence-corrected chi connectivity index (χ3v) is 8.22. The van der Waals surface area contributed by atoms with Gasteiger partial charge < -0.3 is 0 Å². The molecule has 0 fully saturated rings. The van der Waals surface area contributed by atoms with Gasteiger partial charge in [0, 0.05) is 24.2 Å². The molecule has 0 saturated heterocycles. The third-order valence-electron chi connectivity index (χ3n) is 3.36. The van der Waals surface area contributed by atoms with Gasteiger partial charge in [0.25, 0.3) is 0 Å². The summed E-state index contributed by atoms with van der Waals surface area (Å²) in [4.78, 5) is 0. The zero-order chi connectivity index (χ0) is 16.2. The van der Waals surface area contributed by atoms with Crippen LogP contribution in [0.5, 0.6) is 0 Å². The number of hydrogen-bond acceptors (Lipinski definition) is 2. The number of halogens is 1. The SMILES string of the molecule is CC(C)C(Cl)P(N(C(C)C)C(C)C)N(C(C)C)C(C)C. The summed E-state index contributed by atoms with van der Waals surface area (Å²) in [6, 6.07) is 2.06. The van der Waals surface area contributed by atoms with E-state index in [4.69, 9.17) is 11.6 Å². The molecule has 0 aliphatic carbocycles. The summed E-state index contributed by atoms with van der Waals surface area (Å²) in [5.74, 6) is 0.489. The molecule has 0 aliphatic rings. The maximum absolute atomic E-state index is 6.89. The first-order valence-corrected chi connectivity index (χ1v) is 9.77. The molecule has 0 bridgehead atoms. The first kappa shape index (κ1) is 20.6. The molecule has 0 aromatic rings. The Bertz CT molecular complexity index is 231. The lowest BCUT2D eigenvalue weighted by molar-refractivity contribution is 0.252. The van der Waals surface area contributed by atoms with Crippen molar-refractivity contribution in [1.29, 1.82) is 0 Å². The zero-order valence-corrected chi connectivity index (χ0v) is 16.8. The lowest BCUT2D eigenvalue weighted by atomic mass is 10.3. The molecule has 4 heteroatoms. The van der Waals surface area contributed by atoms with Crippen LogP contribution in [0.3, 0.4) is 0 Å². The quantitative estimate of drug-likeness (QED) is 0.414. The van der Waals surface area contributed by atoms with E-state index in [2.05, 4.69) is 78.6 Å². The summed E-state index contributed by atoms with van der Waals surface area (Å²) in [5.41, 5.74) is 0. The Kier molecular flexibility index (Phi) is 9.22. The molecule has 0 aromatic carbocycles. The minimum absolute atomic E-state index is 0.194. The second kappa shape index (κ2) is 8.93. The van der Waals surface area contributed by atoms with Gasteiger partial charge in [0.1, 0.15) is 0 Å². The molecule has 0 rings (SSSR count). The highest BCUT2D eigenvalue weighted by atomic mass is 35.5. The lowest BCUT2D eigenvalue weighted by Gasteiger charge is -2.49. The second-order valence-corrected chi connectivity index (χ2v) is 9.97. The monoisotopic (exact) mass is 322 g/mol. The number of hydrogen-bond donors (Lipinski definition) is 0. The van der Waals surface area contributed by atoms with Gasteiger partial charge in [-0.1, -0.05) is 13.8 Å². The van der Waals surface area contributed by atoms with Gasteiger partial charge in [0.05, 0.1) is 13.3 Å². The molecule has 0 amide bonds. The van der Waals surface area contributed by atoms with Crippen molar-refractivity contribution in [1.82, 2.24) is 9.34 Å². The van der Waals surface area contributed by atoms with Crippen LogP contribution in [0.2, 0.25) is 0 Å². The Morgan fingerprint density at radius 2 is 0.850 bits per heavy atom. The van der Waals surface area contributed by atoms with Gasteiger partial charge in [-0.05, 0) is 61.3 Å². The lowest BCUT2D eigenvalue weighted by Crippen LogP contribution is -2.45. The number of alkyl halides is 1. The van der Waals surface area contributed by atoms with Crippen molar-refractivity contribution in [3.05, 3.63) is 0 Å². The average Bonchev–Trinajstić information content (AvgIpc) is 2.24. The molecule has 0 aliphatic heterocycles. The van der Waals surface area contributed by atoms with Crippen LogP contribution in [0.4, 0.5) is 0 Å². The molecule has 0 radical (unpaired) electrons. The topological polar surface area (TPSA) is 6.48 Å². The Labute approximate surface area is 134 Å². The fraction of sp³-hybridized carbons (Fsp3) is 1.00. The molecular formula is C16H36ClN2P. The van der Waals surface area contributed by atoms with Crippen molar-refractivity contribution in [2.24, 2.45) is 5.92 Å². The Morgan fingerprint density at radius 3 is 1.00 bits per heavy atom. The molecule has 1 atom stereocenters. The average molecular weight is 323 g/mol. The standard InChI is InChI=1S/C16H36ClN2P/c1-11(2)16(17)20(18(12(3)4)13(5)6)19(14(7)8)15(9)10/h11-16H,1-10H3. The predicted molar refractivity (Wildman–Crippen MR) is 95.6 cm³/mol. The van der Waals surface area contributed by atoms with E-state index < -0.39 is 8.22 Å². The van der Waals surface area contributed by atoms with Gasteiger partial charge in [-0.2, -0.15) is 0 Å². The van der Waals surface area contributed by atoms with E-state index in [0.29, 0.717) is 30.1 Å². The summed E-state index contributed by atoms with van der Waals surface area (Å²) in [7, 11) is -0.514. The van der Waals surface area contributed by atoms with E-state index in [9.17, 15) is 0 Å². The molecule has 0 saturated carbocycles. The van der Waals surface area contributed by atoms with Crippen LogP contribution < -0.4 is 0 Å². The van der Waals surface area contributed by atoms with Crippen LogP contribution in [0.15, 0.2) is 0 Å². The Hall–Kier alpha value is 0.640. The van der Waals surface area contributed by atoms with Crippen molar-refractivity contribution in [3.8, 4) is 0 Å². The van der Waals surface area contributed by atoms with Crippen LogP contribution in [0.1, 0.15) is 69.2 Å². The van der Waals surface area contributed by atoms with Gasteiger partial charge in [0.15, 0.2) is 0 Å². The first-order chi connectivity index (χ1) is 9.02. The van der Waals surface area contributed by atoms with Crippen molar-refractivity contribution in [3.63, 3.8) is 0 Å². The van der Waals surface area contributed by atoms with Gasteiger partial charge in [-0.25, -0.2) is 0 Å². The Morgan fingerprint density at radius 1 is 0.600 bits per heavy atom. The molecule has 1 unspecified atom stereocenters. The molecule has 2 nitrogen and oxygen atoms in total. The van der Waals surface area contributed by atoms with Crippen molar-refractivity contribution >= 4 is 19.8 Å². The van der Waals surface area contributed by atoms with Crippen LogP contribution in [0, 0.1) is 5.92 Å². The Balaban J connectivity index is 5.66. The largest absolute Gasteiger partial charge is 0.264 e. The fourth-order valence-corrected chi connectivity index (χ4v) is 6.56. The van der Waals surface area contributed by atoms with E-state index >= 15 is 0 Å². The molecule has 122 valence electrons. The predicted octanol–water partition coefficient (Wildman–Crippen LogP) is 5.76. The highest BCUT2D eigenvalue weighted by Crippen LogP contribution is 2.57. The van der Waals surface area contributed by atoms with Crippen LogP contribution in [0.25, 0.3) is 0 Å². The van der Waals surface area contributed by atoms with E-state index in [1.807, 2.05) is 0 Å². The minimum atomic E-state index is -0.514. The highest BCUT2D eigenvalue weighted by molar-refractivity contribution is 7.55. The van der Waals surface area contributed by atoms with Crippen molar-refractivity contribution < 1.29 is 0 Å². The van der Waals surface area contributed by atoms with Gasteiger partial charge >= 0.3 is 0 Å². The normalized spacial score (nSPS) is 15.2. The summed E-state index contributed by atoms with van der Waals surface area (Å²) >= 11 is 6.89. The van der Waals surface area contributed by atoms with Crippen molar-refractivity contribution in [2.75, 3.05) is 0 Å². The number of nitrogens with zero attached hydrogens (tertiary/aromatic N) is 2. The molecule has 20 heavy (non-hydrogen) atoms. The third kappa shape index (κ3) is 5.44. The minimum Gasteiger partial charge on any atom is -0.264 e. The first-order valence-electron chi connectivity index (χ1n) is 8.02. The van der Waals surface area contributed by atoms with Crippen LogP contribution >= 0.6 is 19.8 Å². The van der Waals surface area contributed by atoms with Gasteiger partial charge in [0.2, 0.25) is 0 Å². The molecular weight excluding hydrogens is 287 g/mol. The van der Waals surface area contributed by atoms with E-state index in [1.165, 1.54) is 0 Å². The smallest absolute Gasteiger partial charge is 0.0828 e. The molecule has 0 heterocycles. The fourth-order valence-electron chi connectivity index (χ4n) is 2.78. The number of rotatable bonds is 8. The maximum atomic E-state index is 6.89. The summed E-state index contributed by atoms with van der Waals surface area (Å²) in [6.07, 6.45) is 0. The maximum Gasteiger partial charge on any atom is 0.0828 e. The van der Waals surface area contributed by atoms with Gasteiger partial charge in [-0.15, -0.1) is 11.6 Å². The molecule has 0 spiro atoms. The highest BCUT2D eigenvalue weighted by Gasteiger charge is 2.38. The second-order valence-electron chi connectivity index (χ2n) is 7.07. The van der Waals surface area contributed by atoms with Gasteiger partial charge in [-0.3, -0.25) is 9.34 Å². The van der Waals surface area contributed by atoms with E-state index in [-0.39, 0.29) is 5.12 Å². The van der Waals surface area contributed by atoms with Crippen LogP contribution in [-0.2, 0) is 0 Å². The van der Waals surface area contributed by atoms with Crippen LogP contribution in [-0.4, -0.2) is 38.6 Å². The summed E-state index contributed by atoms with van der Waals surface area (Å²) in [5, 5.41) is 0.194. The summed E-state index contributed by atoms with van der Waals surface area (Å²) < 4.78 is 5.26. The molecule has 0 aromatic heterocycles. The van der Waals surface area contributed by atoms with E-state index in [0.717, 1.165) is 0 Å². The molecule has 0 N–H and O–H groups in total. The van der Waals surface area contributed by atoms with E-state index in [1.54, 1.807) is 0 Å². The summed E-state index contributed by atoms with van der Waals surface area (Å²) in [6.45, 7) is 22.8.